The maximum atomic E-state index is 12.7. The van der Waals surface area contributed by atoms with Gasteiger partial charge in [0.2, 0.25) is 0 Å². The molecule has 0 atom stereocenters. The van der Waals surface area contributed by atoms with Crippen molar-refractivity contribution in [2.75, 3.05) is 11.9 Å². The Hall–Kier alpha value is -3.66. The van der Waals surface area contributed by atoms with E-state index < -0.39 is 5.91 Å². The van der Waals surface area contributed by atoms with Crippen molar-refractivity contribution >= 4 is 22.4 Å². The number of rotatable bonds is 6. The van der Waals surface area contributed by atoms with Crippen LogP contribution in [0.15, 0.2) is 53.3 Å². The number of unbranched alkanes of at least 4 members (excludes halogenated alkanes) is 1. The highest BCUT2D eigenvalue weighted by Crippen LogP contribution is 2.20. The van der Waals surface area contributed by atoms with Gasteiger partial charge in [0, 0.05) is 30.6 Å². The molecule has 2 aromatic carbocycles. The van der Waals surface area contributed by atoms with Gasteiger partial charge in [-0.05, 0) is 24.6 Å². The van der Waals surface area contributed by atoms with Gasteiger partial charge in [-0.3, -0.25) is 9.59 Å². The Labute approximate surface area is 155 Å². The highest BCUT2D eigenvalue weighted by atomic mass is 16.5. The number of benzene rings is 2. The molecule has 0 aliphatic carbocycles. The van der Waals surface area contributed by atoms with E-state index in [1.165, 1.54) is 7.05 Å². The highest BCUT2D eigenvalue weighted by Gasteiger charge is 2.15. The second-order valence-electron chi connectivity index (χ2n) is 5.92. The third kappa shape index (κ3) is 4.12. The number of hydrogen-bond donors (Lipinski definition) is 1. The number of amides is 1. The van der Waals surface area contributed by atoms with Crippen LogP contribution in [0.3, 0.4) is 0 Å². The summed E-state index contributed by atoms with van der Waals surface area (Å²) in [4.78, 5) is 24.9. The molecule has 1 N–H and O–H groups in total. The molecule has 0 aliphatic heterocycles. The second-order valence-corrected chi connectivity index (χ2v) is 5.92. The number of carbonyl (C=O) groups is 1. The number of aromatic nitrogens is 2. The Morgan fingerprint density at radius 1 is 1.22 bits per heavy atom. The van der Waals surface area contributed by atoms with Gasteiger partial charge in [0.25, 0.3) is 11.5 Å². The normalized spacial score (nSPS) is 10.4. The zero-order valence-corrected chi connectivity index (χ0v) is 14.8. The van der Waals surface area contributed by atoms with Gasteiger partial charge in [0.15, 0.2) is 5.69 Å². The monoisotopic (exact) mass is 362 g/mol. The van der Waals surface area contributed by atoms with Crippen molar-refractivity contribution in [2.24, 2.45) is 7.05 Å². The molecule has 3 rings (SSSR count). The van der Waals surface area contributed by atoms with E-state index in [1.807, 2.05) is 0 Å². The Morgan fingerprint density at radius 3 is 2.78 bits per heavy atom. The molecule has 0 bridgehead atoms. The van der Waals surface area contributed by atoms with Gasteiger partial charge in [-0.2, -0.15) is 10.4 Å². The van der Waals surface area contributed by atoms with Crippen molar-refractivity contribution in [1.29, 1.82) is 5.26 Å². The molecule has 0 saturated carbocycles. The third-order valence-electron chi connectivity index (χ3n) is 3.97. The fraction of sp³-hybridized carbons (Fsp3) is 0.200. The number of aryl methyl sites for hydroxylation is 1. The summed E-state index contributed by atoms with van der Waals surface area (Å²) in [6, 6.07) is 15.9. The van der Waals surface area contributed by atoms with Crippen LogP contribution in [0.4, 0.5) is 5.69 Å². The maximum Gasteiger partial charge on any atom is 0.276 e. The van der Waals surface area contributed by atoms with Gasteiger partial charge in [-0.15, -0.1) is 0 Å². The number of nitriles is 1. The van der Waals surface area contributed by atoms with Crippen LogP contribution in [-0.4, -0.2) is 22.3 Å². The minimum atomic E-state index is -0.413. The maximum absolute atomic E-state index is 12.7. The summed E-state index contributed by atoms with van der Waals surface area (Å²) in [6.45, 7) is 0.429. The lowest BCUT2D eigenvalue weighted by Crippen LogP contribution is -2.25. The smallest absolute Gasteiger partial charge is 0.276 e. The van der Waals surface area contributed by atoms with Gasteiger partial charge in [-0.1, -0.05) is 24.3 Å². The van der Waals surface area contributed by atoms with Gasteiger partial charge >= 0.3 is 0 Å². The van der Waals surface area contributed by atoms with Gasteiger partial charge in [0.1, 0.15) is 5.75 Å². The molecule has 3 aromatic rings. The number of fused-ring (bicyclic) bond motifs is 1. The van der Waals surface area contributed by atoms with Crippen LogP contribution in [0.2, 0.25) is 0 Å². The molecule has 1 aromatic heterocycles. The number of nitrogens with one attached hydrogen (secondary N) is 1. The summed E-state index contributed by atoms with van der Waals surface area (Å²) in [5.74, 6) is 0.187. The van der Waals surface area contributed by atoms with Crippen molar-refractivity contribution in [3.05, 3.63) is 64.6 Å². The Morgan fingerprint density at radius 2 is 2.00 bits per heavy atom. The Kier molecular flexibility index (Phi) is 5.47. The van der Waals surface area contributed by atoms with Crippen LogP contribution in [0.25, 0.3) is 10.8 Å². The van der Waals surface area contributed by atoms with E-state index in [9.17, 15) is 9.59 Å². The molecular weight excluding hydrogens is 344 g/mol. The molecule has 1 heterocycles. The molecule has 0 radical (unpaired) electrons. The molecule has 136 valence electrons. The number of hydrogen-bond acceptors (Lipinski definition) is 5. The molecule has 0 aliphatic rings. The molecule has 7 nitrogen and oxygen atoms in total. The lowest BCUT2D eigenvalue weighted by Gasteiger charge is -2.10. The van der Waals surface area contributed by atoms with E-state index >= 15 is 0 Å². The molecule has 0 fully saturated rings. The molecule has 27 heavy (non-hydrogen) atoms. The van der Waals surface area contributed by atoms with Crippen molar-refractivity contribution in [1.82, 2.24) is 9.78 Å². The summed E-state index contributed by atoms with van der Waals surface area (Å²) in [7, 11) is 1.52. The van der Waals surface area contributed by atoms with Gasteiger partial charge < -0.3 is 10.1 Å². The van der Waals surface area contributed by atoms with Gasteiger partial charge in [0.05, 0.1) is 18.1 Å². The van der Waals surface area contributed by atoms with Crippen molar-refractivity contribution < 1.29 is 9.53 Å². The predicted molar refractivity (Wildman–Crippen MR) is 102 cm³/mol. The fourth-order valence-corrected chi connectivity index (χ4v) is 2.66. The van der Waals surface area contributed by atoms with Crippen LogP contribution in [0, 0.1) is 11.3 Å². The average molecular weight is 362 g/mol. The lowest BCUT2D eigenvalue weighted by molar-refractivity contribution is 0.102. The SMILES string of the molecule is Cn1nc(C(=O)Nc2cccc(OCCCC#N)c2)c2ccccc2c1=O. The molecule has 0 unspecified atom stereocenters. The summed E-state index contributed by atoms with van der Waals surface area (Å²) in [5.41, 5.74) is 0.473. The highest BCUT2D eigenvalue weighted by molar-refractivity contribution is 6.11. The Balaban J connectivity index is 1.82. The fourth-order valence-electron chi connectivity index (χ4n) is 2.66. The first-order valence-electron chi connectivity index (χ1n) is 8.47. The summed E-state index contributed by atoms with van der Waals surface area (Å²) >= 11 is 0. The quantitative estimate of drug-likeness (QED) is 0.680. The van der Waals surface area contributed by atoms with Crippen LogP contribution in [0.5, 0.6) is 5.75 Å². The largest absolute Gasteiger partial charge is 0.493 e. The predicted octanol–water partition coefficient (Wildman–Crippen LogP) is 2.87. The molecule has 1 amide bonds. The van der Waals surface area contributed by atoms with Crippen LogP contribution < -0.4 is 15.6 Å². The van der Waals surface area contributed by atoms with Crippen molar-refractivity contribution in [3.63, 3.8) is 0 Å². The van der Waals surface area contributed by atoms with E-state index in [0.29, 0.717) is 41.7 Å². The first-order chi connectivity index (χ1) is 13.1. The summed E-state index contributed by atoms with van der Waals surface area (Å²) < 4.78 is 6.74. The number of nitrogens with zero attached hydrogens (tertiary/aromatic N) is 3. The van der Waals surface area contributed by atoms with E-state index in [2.05, 4.69) is 16.5 Å². The van der Waals surface area contributed by atoms with E-state index in [0.717, 1.165) is 4.68 Å². The van der Waals surface area contributed by atoms with Crippen molar-refractivity contribution in [3.8, 4) is 11.8 Å². The molecular formula is C20H18N4O3. The summed E-state index contributed by atoms with van der Waals surface area (Å²) in [6.07, 6.45) is 1.07. The van der Waals surface area contributed by atoms with Crippen LogP contribution >= 0.6 is 0 Å². The first kappa shape index (κ1) is 18.1. The van der Waals surface area contributed by atoms with E-state index in [-0.39, 0.29) is 11.3 Å². The van der Waals surface area contributed by atoms with Gasteiger partial charge in [-0.25, -0.2) is 4.68 Å². The zero-order chi connectivity index (χ0) is 19.2. The Bertz CT molecular complexity index is 1080. The van der Waals surface area contributed by atoms with E-state index in [1.54, 1.807) is 48.5 Å². The van der Waals surface area contributed by atoms with E-state index in [4.69, 9.17) is 10.00 Å². The molecule has 0 saturated heterocycles. The molecule has 7 heteroatoms. The first-order valence-corrected chi connectivity index (χ1v) is 8.47. The van der Waals surface area contributed by atoms with Crippen LogP contribution in [0.1, 0.15) is 23.3 Å². The number of anilines is 1. The van der Waals surface area contributed by atoms with Crippen LogP contribution in [-0.2, 0) is 7.05 Å². The lowest BCUT2D eigenvalue weighted by atomic mass is 10.1. The van der Waals surface area contributed by atoms with Crippen molar-refractivity contribution in [2.45, 2.75) is 12.8 Å². The minimum Gasteiger partial charge on any atom is -0.493 e. The second kappa shape index (κ2) is 8.15. The molecule has 0 spiro atoms. The third-order valence-corrected chi connectivity index (χ3v) is 3.97. The topological polar surface area (TPSA) is 97.0 Å². The number of carbonyl (C=O) groups excluding carboxylic acids is 1. The summed E-state index contributed by atoms with van der Waals surface area (Å²) in [5, 5.41) is 16.4. The average Bonchev–Trinajstić information content (AvgIpc) is 2.68. The zero-order valence-electron chi connectivity index (χ0n) is 14.8. The standard InChI is InChI=1S/C20H18N4O3/c1-24-20(26)17-10-3-2-9-16(17)18(23-24)19(25)22-14-7-6-8-15(13-14)27-12-5-4-11-21/h2-3,6-10,13H,4-5,12H2,1H3,(H,22,25). The number of ether oxygens (including phenoxy) is 1. The minimum absolute atomic E-state index is 0.174.